The monoisotopic (exact) mass is 337 g/mol. The first-order valence-electron chi connectivity index (χ1n) is 10.1. The highest BCUT2D eigenvalue weighted by Gasteiger charge is 2.28. The number of rotatable bonds is 5. The van der Waals surface area contributed by atoms with Crippen LogP contribution >= 0.6 is 0 Å². The van der Waals surface area contributed by atoms with Gasteiger partial charge in [-0.15, -0.1) is 0 Å². The van der Waals surface area contributed by atoms with E-state index in [0.29, 0.717) is 24.5 Å². The van der Waals surface area contributed by atoms with Gasteiger partial charge in [-0.2, -0.15) is 0 Å². The molecule has 0 aromatic carbocycles. The smallest absolute Gasteiger partial charge is 0.234 e. The summed E-state index contributed by atoms with van der Waals surface area (Å²) < 4.78 is 5.46. The Labute approximate surface area is 147 Å². The number of amides is 1. The van der Waals surface area contributed by atoms with Crippen molar-refractivity contribution in [2.24, 2.45) is 5.92 Å². The predicted octanol–water partition coefficient (Wildman–Crippen LogP) is 1.87. The van der Waals surface area contributed by atoms with Crippen molar-refractivity contribution in [3.05, 3.63) is 0 Å². The van der Waals surface area contributed by atoms with E-state index in [9.17, 15) is 4.79 Å². The summed E-state index contributed by atoms with van der Waals surface area (Å²) in [5, 5.41) is 3.33. The van der Waals surface area contributed by atoms with Crippen LogP contribution in [-0.4, -0.2) is 73.7 Å². The molecule has 3 aliphatic rings. The van der Waals surface area contributed by atoms with Crippen molar-refractivity contribution < 1.29 is 9.53 Å². The van der Waals surface area contributed by atoms with Crippen molar-refractivity contribution in [2.45, 2.75) is 64.0 Å². The normalized spacial score (nSPS) is 33.3. The zero-order valence-electron chi connectivity index (χ0n) is 15.3. The molecule has 3 fully saturated rings. The largest absolute Gasteiger partial charge is 0.379 e. The fraction of sp³-hybridized carbons (Fsp3) is 0.947. The minimum absolute atomic E-state index is 0.239. The van der Waals surface area contributed by atoms with Crippen LogP contribution in [0.15, 0.2) is 0 Å². The van der Waals surface area contributed by atoms with Gasteiger partial charge in [0.05, 0.1) is 19.8 Å². The van der Waals surface area contributed by atoms with Gasteiger partial charge in [0.25, 0.3) is 0 Å². The maximum atomic E-state index is 12.6. The van der Waals surface area contributed by atoms with E-state index < -0.39 is 0 Å². The Morgan fingerprint density at radius 1 is 1.04 bits per heavy atom. The molecule has 5 heteroatoms. The second-order valence-corrected chi connectivity index (χ2v) is 7.97. The third-order valence-corrected chi connectivity index (χ3v) is 6.13. The zero-order valence-corrected chi connectivity index (χ0v) is 15.3. The van der Waals surface area contributed by atoms with E-state index in [1.807, 2.05) is 0 Å². The second kappa shape index (κ2) is 9.16. The van der Waals surface area contributed by atoms with Crippen LogP contribution in [0.3, 0.4) is 0 Å². The van der Waals surface area contributed by atoms with Crippen LogP contribution in [0.1, 0.15) is 51.9 Å². The first-order chi connectivity index (χ1) is 11.7. The maximum absolute atomic E-state index is 12.6. The number of piperidine rings is 1. The van der Waals surface area contributed by atoms with Crippen LogP contribution in [0, 0.1) is 5.92 Å². The van der Waals surface area contributed by atoms with Gasteiger partial charge in [-0.05, 0) is 38.1 Å². The molecule has 24 heavy (non-hydrogen) atoms. The number of ether oxygens (including phenoxy) is 1. The molecule has 1 saturated carbocycles. The van der Waals surface area contributed by atoms with Crippen LogP contribution < -0.4 is 5.32 Å². The number of nitrogens with one attached hydrogen (secondary N) is 1. The summed E-state index contributed by atoms with van der Waals surface area (Å²) in [7, 11) is 0. The summed E-state index contributed by atoms with van der Waals surface area (Å²) >= 11 is 0. The lowest BCUT2D eigenvalue weighted by molar-refractivity contribution is -0.124. The second-order valence-electron chi connectivity index (χ2n) is 7.97. The summed E-state index contributed by atoms with van der Waals surface area (Å²) in [4.78, 5) is 17.5. The molecular weight excluding hydrogens is 302 g/mol. The number of likely N-dealkylation sites (tertiary alicyclic amines) is 1. The lowest BCUT2D eigenvalue weighted by Gasteiger charge is -2.39. The average molecular weight is 338 g/mol. The van der Waals surface area contributed by atoms with Crippen LogP contribution in [0.25, 0.3) is 0 Å². The third kappa shape index (κ3) is 5.17. The molecule has 2 aliphatic heterocycles. The first kappa shape index (κ1) is 18.2. The molecule has 0 aromatic heterocycles. The molecule has 0 unspecified atom stereocenters. The molecule has 0 bridgehead atoms. The Hall–Kier alpha value is -0.650. The number of carbonyl (C=O) groups excluding carboxylic acids is 1. The highest BCUT2D eigenvalue weighted by Crippen LogP contribution is 2.24. The molecule has 3 atom stereocenters. The van der Waals surface area contributed by atoms with Gasteiger partial charge in [0.2, 0.25) is 5.91 Å². The molecule has 1 aliphatic carbocycles. The number of nitrogens with zero attached hydrogens (tertiary/aromatic N) is 2. The third-order valence-electron chi connectivity index (χ3n) is 6.13. The van der Waals surface area contributed by atoms with E-state index in [-0.39, 0.29) is 5.91 Å². The summed E-state index contributed by atoms with van der Waals surface area (Å²) in [6, 6.07) is 0.931. The highest BCUT2D eigenvalue weighted by molar-refractivity contribution is 5.78. The van der Waals surface area contributed by atoms with Crippen molar-refractivity contribution in [1.29, 1.82) is 0 Å². The lowest BCUT2D eigenvalue weighted by Crippen LogP contribution is -2.53. The predicted molar refractivity (Wildman–Crippen MR) is 96.0 cm³/mol. The maximum Gasteiger partial charge on any atom is 0.234 e. The fourth-order valence-electron chi connectivity index (χ4n) is 4.52. The van der Waals surface area contributed by atoms with Crippen molar-refractivity contribution in [3.63, 3.8) is 0 Å². The number of carbonyl (C=O) groups is 1. The van der Waals surface area contributed by atoms with Crippen molar-refractivity contribution in [3.8, 4) is 0 Å². The molecule has 3 rings (SSSR count). The molecule has 2 saturated heterocycles. The van der Waals surface area contributed by atoms with Crippen molar-refractivity contribution in [1.82, 2.24) is 15.1 Å². The minimum atomic E-state index is 0.239. The first-order valence-corrected chi connectivity index (χ1v) is 10.1. The Balaban J connectivity index is 1.48. The van der Waals surface area contributed by atoms with E-state index in [2.05, 4.69) is 22.0 Å². The Bertz CT molecular complexity index is 398. The van der Waals surface area contributed by atoms with Gasteiger partial charge in [-0.1, -0.05) is 26.2 Å². The summed E-state index contributed by atoms with van der Waals surface area (Å²) in [6.45, 7) is 8.81. The van der Waals surface area contributed by atoms with Gasteiger partial charge >= 0.3 is 0 Å². The molecule has 0 spiro atoms. The highest BCUT2D eigenvalue weighted by atomic mass is 16.5. The van der Waals surface area contributed by atoms with Crippen molar-refractivity contribution >= 4 is 5.91 Å². The van der Waals surface area contributed by atoms with Crippen LogP contribution in [-0.2, 0) is 9.53 Å². The lowest BCUT2D eigenvalue weighted by atomic mass is 9.86. The van der Waals surface area contributed by atoms with Crippen LogP contribution in [0.2, 0.25) is 0 Å². The van der Waals surface area contributed by atoms with Gasteiger partial charge in [0, 0.05) is 31.7 Å². The standard InChI is InChI=1S/C19H35N3O2/c1-16-6-2-3-8-18(16)20-19(23)15-22-9-5-4-7-17(22)14-21-10-12-24-13-11-21/h16-18H,2-15H2,1H3,(H,20,23)/t16-,17-,18+/m1/s1. The quantitative estimate of drug-likeness (QED) is 0.832. The molecule has 1 N–H and O–H groups in total. The van der Waals surface area contributed by atoms with Crippen LogP contribution in [0.5, 0.6) is 0 Å². The van der Waals surface area contributed by atoms with Crippen molar-refractivity contribution in [2.75, 3.05) is 45.9 Å². The van der Waals surface area contributed by atoms with E-state index >= 15 is 0 Å². The summed E-state index contributed by atoms with van der Waals surface area (Å²) in [6.07, 6.45) is 8.75. The summed E-state index contributed by atoms with van der Waals surface area (Å²) in [5.41, 5.74) is 0. The average Bonchev–Trinajstić information content (AvgIpc) is 2.60. The Kier molecular flexibility index (Phi) is 6.93. The topological polar surface area (TPSA) is 44.8 Å². The van der Waals surface area contributed by atoms with E-state index in [1.54, 1.807) is 0 Å². The van der Waals surface area contributed by atoms with Crippen LogP contribution in [0.4, 0.5) is 0 Å². The zero-order chi connectivity index (χ0) is 16.8. The van der Waals surface area contributed by atoms with E-state index in [4.69, 9.17) is 4.74 Å². The van der Waals surface area contributed by atoms with E-state index in [0.717, 1.165) is 45.8 Å². The SMILES string of the molecule is C[C@@H]1CCCC[C@@H]1NC(=O)CN1CCCC[C@@H]1CN1CCOCC1. The van der Waals surface area contributed by atoms with Gasteiger partial charge in [0.15, 0.2) is 0 Å². The number of hydrogen-bond acceptors (Lipinski definition) is 4. The van der Waals surface area contributed by atoms with Gasteiger partial charge < -0.3 is 10.1 Å². The molecule has 1 amide bonds. The van der Waals surface area contributed by atoms with Gasteiger partial charge in [0.1, 0.15) is 0 Å². The van der Waals surface area contributed by atoms with E-state index in [1.165, 1.54) is 38.5 Å². The molecular formula is C19H35N3O2. The Morgan fingerprint density at radius 2 is 1.79 bits per heavy atom. The molecule has 138 valence electrons. The number of morpholine rings is 1. The molecule has 2 heterocycles. The Morgan fingerprint density at radius 3 is 2.58 bits per heavy atom. The molecule has 0 radical (unpaired) electrons. The number of hydrogen-bond donors (Lipinski definition) is 1. The minimum Gasteiger partial charge on any atom is -0.379 e. The fourth-order valence-corrected chi connectivity index (χ4v) is 4.52. The summed E-state index contributed by atoms with van der Waals surface area (Å²) in [5.74, 6) is 0.871. The van der Waals surface area contributed by atoms with Gasteiger partial charge in [-0.3, -0.25) is 14.6 Å². The molecule has 0 aromatic rings. The van der Waals surface area contributed by atoms with Gasteiger partial charge in [-0.25, -0.2) is 0 Å². The molecule has 5 nitrogen and oxygen atoms in total.